The summed E-state index contributed by atoms with van der Waals surface area (Å²) >= 11 is 0. The Labute approximate surface area is 821 Å². The minimum absolute atomic E-state index is 0. The van der Waals surface area contributed by atoms with Gasteiger partial charge in [0.2, 0.25) is 0 Å². The van der Waals surface area contributed by atoms with Gasteiger partial charge >= 0.3 is 0 Å². The number of likely N-dealkylation sites (tertiary alicyclic amines) is 1. The molecule has 716 valence electrons. The number of hydrogen-bond donors (Lipinski definition) is 4. The first-order valence-electron chi connectivity index (χ1n) is 48.9. The molecule has 7 aromatic carbocycles. The highest BCUT2D eigenvalue weighted by molar-refractivity contribution is 5.71. The fourth-order valence-corrected chi connectivity index (χ4v) is 17.3. The van der Waals surface area contributed by atoms with Crippen molar-refractivity contribution in [3.05, 3.63) is 362 Å². The molecule has 5 fully saturated rings. The van der Waals surface area contributed by atoms with E-state index >= 15 is 0 Å². The first-order valence-corrected chi connectivity index (χ1v) is 48.9. The fourth-order valence-electron chi connectivity index (χ4n) is 17.3. The van der Waals surface area contributed by atoms with Crippen LogP contribution in [0.4, 0.5) is 11.4 Å². The first-order chi connectivity index (χ1) is 68.0. The lowest BCUT2D eigenvalue weighted by Crippen LogP contribution is -2.25. The summed E-state index contributed by atoms with van der Waals surface area (Å²) in [7, 11) is 5.87. The minimum atomic E-state index is 0. The van der Waals surface area contributed by atoms with Crippen LogP contribution in [0.2, 0.25) is 0 Å². The molecule has 140 heavy (non-hydrogen) atoms. The summed E-state index contributed by atoms with van der Waals surface area (Å²) in [6.45, 7) is 30.4. The first kappa shape index (κ1) is 96.8. The van der Waals surface area contributed by atoms with E-state index in [1.165, 1.54) is 105 Å². The van der Waals surface area contributed by atoms with Gasteiger partial charge in [-0.2, -0.15) is 25.5 Å². The van der Waals surface area contributed by atoms with E-state index in [0.717, 1.165) is 217 Å². The maximum Gasteiger partial charge on any atom is 0.156 e. The van der Waals surface area contributed by atoms with Crippen LogP contribution >= 0.6 is 0 Å². The predicted molar refractivity (Wildman–Crippen MR) is 566 cm³/mol. The zero-order valence-corrected chi connectivity index (χ0v) is 80.3. The third-order valence-corrected chi connectivity index (χ3v) is 26.2. The molecule has 1 atom stereocenters. The number of benzene rings is 7. The third kappa shape index (κ3) is 25.0. The second-order valence-electron chi connectivity index (χ2n) is 37.1. The summed E-state index contributed by atoms with van der Waals surface area (Å²) in [5.41, 5.74) is 36.6. The third-order valence-electron chi connectivity index (χ3n) is 26.2. The van der Waals surface area contributed by atoms with E-state index in [4.69, 9.17) is 61.1 Å². The average Bonchev–Trinajstić information content (AvgIpc) is 1.65. The van der Waals surface area contributed by atoms with Gasteiger partial charge < -0.3 is 41.2 Å². The van der Waals surface area contributed by atoms with Crippen molar-refractivity contribution in [1.82, 2.24) is 82.8 Å². The highest BCUT2D eigenvalue weighted by Crippen LogP contribution is 2.41. The number of hydrogen-bond acceptors (Lipinski definition) is 19. The second kappa shape index (κ2) is 45.6. The smallest absolute Gasteiger partial charge is 0.156 e. The van der Waals surface area contributed by atoms with E-state index < -0.39 is 0 Å². The Kier molecular flexibility index (Phi) is 31.6. The summed E-state index contributed by atoms with van der Waals surface area (Å²) in [5.74, 6) is 10.2. The Balaban J connectivity index is 0.000000121. The molecule has 11 heterocycles. The van der Waals surface area contributed by atoms with E-state index in [-0.39, 0.29) is 7.43 Å². The molecule has 0 amide bonds. The van der Waals surface area contributed by atoms with Gasteiger partial charge in [0.05, 0.1) is 35.6 Å². The lowest BCUT2D eigenvalue weighted by molar-refractivity contribution is 0.238. The summed E-state index contributed by atoms with van der Waals surface area (Å²) in [6, 6.07) is 90.4. The van der Waals surface area contributed by atoms with Crippen molar-refractivity contribution in [2.45, 2.75) is 123 Å². The van der Waals surface area contributed by atoms with E-state index in [2.05, 4.69) is 217 Å². The van der Waals surface area contributed by atoms with Crippen molar-refractivity contribution in [2.75, 3.05) is 84.3 Å². The number of nitrogens with two attached hydrogens (primary N) is 2. The standard InChI is InChI=1S/C28H30N4O2.C24H21N3O.C22H26N4.C21H25N5.C20H23N5.CH4/c1-21(22-8-14-25(15-9-22)34-19-18-31-16-3-4-17-31)20-27-29-28-7-5-6-26(32(28)30-27)23-10-12-24(33-2)13-11-23;1-17(18-10-11-18)16-23-25-24-9-5-8-22(27(24)26-23)19-12-14-21(15-13-19)28-20-6-3-2-4-7-20;1-15(17-8-9-17)14-21-23-22-7-5-6-20(26(22)24-21)19-12-10-18(11-13-19)16(2)25(3)4;1-15(16-6-7-16)14-20-24-21-5-2-4-19(26(21)25-20)17-8-10-18(11-9-17)23-13-3-12-22;1-14(15-5-6-15)13-19-23-20-4-2-3-18(25(20)24-19)16-7-9-17(10-8-16)22-12-11-21;/h5-15H,1,3-4,16-20H2,2H3;2-9,12-15,18H,1,10-11,16H2;5-7,10-13,16-17H,1,8-9,14H2,2-4H3;2,4-5,8-11,16,23H,1,3,6-7,12-14,22H2;2-4,7-10,15,22H,1,5-6,11-13,21H2;1H4. The van der Waals surface area contributed by atoms with E-state index in [1.54, 1.807) is 7.11 Å². The molecule has 0 radical (unpaired) electrons. The van der Waals surface area contributed by atoms with Crippen molar-refractivity contribution in [1.29, 1.82) is 0 Å². The van der Waals surface area contributed by atoms with Crippen LogP contribution in [0.5, 0.6) is 23.0 Å². The number of pyridine rings is 5. The van der Waals surface area contributed by atoms with Crippen molar-refractivity contribution < 1.29 is 14.2 Å². The molecule has 1 aliphatic heterocycles. The van der Waals surface area contributed by atoms with Crippen molar-refractivity contribution in [3.63, 3.8) is 0 Å². The zero-order chi connectivity index (χ0) is 95.7. The van der Waals surface area contributed by atoms with Gasteiger partial charge in [-0.1, -0.05) is 172 Å². The molecule has 1 unspecified atom stereocenters. The second-order valence-corrected chi connectivity index (χ2v) is 37.1. The number of methoxy groups -OCH3 is 1. The van der Waals surface area contributed by atoms with Crippen molar-refractivity contribution in [2.24, 2.45) is 35.1 Å². The van der Waals surface area contributed by atoms with Crippen LogP contribution < -0.4 is 36.3 Å². The predicted octanol–water partition coefficient (Wildman–Crippen LogP) is 22.9. The van der Waals surface area contributed by atoms with Crippen LogP contribution in [0, 0.1) is 23.7 Å². The van der Waals surface area contributed by atoms with Gasteiger partial charge in [0.15, 0.2) is 57.4 Å². The molecule has 10 aromatic heterocycles. The van der Waals surface area contributed by atoms with Crippen LogP contribution in [0.15, 0.2) is 322 Å². The van der Waals surface area contributed by atoms with E-state index in [1.807, 2.05) is 162 Å². The Morgan fingerprint density at radius 1 is 0.379 bits per heavy atom. The Hall–Kier alpha value is -14.8. The number of ether oxygens (including phenoxy) is 3. The maximum absolute atomic E-state index is 5.92. The number of allylic oxidation sites excluding steroid dienone is 5. The summed E-state index contributed by atoms with van der Waals surface area (Å²) in [6.07, 6.45) is 17.4. The Bertz CT molecular complexity index is 7080. The molecular weight excluding hydrogens is 1740 g/mol. The molecule has 4 aliphatic carbocycles. The Morgan fingerprint density at radius 3 is 1.05 bits per heavy atom. The number of aromatic nitrogens is 15. The maximum atomic E-state index is 5.92. The quantitative estimate of drug-likeness (QED) is 0.0210. The van der Waals surface area contributed by atoms with E-state index in [0.29, 0.717) is 49.2 Å². The summed E-state index contributed by atoms with van der Waals surface area (Å²) < 4.78 is 26.7. The Morgan fingerprint density at radius 2 is 0.707 bits per heavy atom. The van der Waals surface area contributed by atoms with Gasteiger partial charge in [0.25, 0.3) is 0 Å². The van der Waals surface area contributed by atoms with Crippen LogP contribution in [0.3, 0.4) is 0 Å². The highest BCUT2D eigenvalue weighted by atomic mass is 16.5. The lowest BCUT2D eigenvalue weighted by atomic mass is 10.0. The van der Waals surface area contributed by atoms with Gasteiger partial charge in [-0.25, -0.2) is 47.5 Å². The van der Waals surface area contributed by atoms with Crippen LogP contribution in [0.1, 0.15) is 131 Å². The number of nitrogens with one attached hydrogen (secondary N) is 2. The van der Waals surface area contributed by atoms with Crippen molar-refractivity contribution in [3.8, 4) is 79.3 Å². The van der Waals surface area contributed by atoms with Crippen LogP contribution in [0.25, 0.3) is 90.1 Å². The molecule has 17 aromatic rings. The molecule has 4 saturated carbocycles. The monoisotopic (exact) mass is 1860 g/mol. The SMILES string of the molecule is C.C=C(Cc1nc2cccc(-c3ccc(C(C)N(C)C)cc3)n2n1)C1CC1.C=C(Cc1nc2cccc(-c3ccc(NCCCN)cc3)n2n1)C1CC1.C=C(Cc1nc2cccc(-c3ccc(NCCN)cc3)n2n1)C1CC1.C=C(Cc1nc2cccc(-c3ccc(OC)cc3)n2n1)c1ccc(OCCN2CCCC2)cc1.C=C(Cc1nc2cccc(-c3ccc(Oc4ccccc4)cc3)n2n1)C1CC1. The fraction of sp³-hybridized carbons (Fsp3) is 0.293. The van der Waals surface area contributed by atoms with Gasteiger partial charge in [-0.05, 0) is 309 Å². The molecular formula is C116H129N21O3. The summed E-state index contributed by atoms with van der Waals surface area (Å²) in [5, 5.41) is 30.4. The van der Waals surface area contributed by atoms with E-state index in [9.17, 15) is 0 Å². The average molecular weight is 1870 g/mol. The number of para-hydroxylation sites is 1. The molecule has 22 rings (SSSR count). The molecule has 24 heteroatoms. The summed E-state index contributed by atoms with van der Waals surface area (Å²) in [4.78, 5) is 28.1. The van der Waals surface area contributed by atoms with Crippen LogP contribution in [-0.2, 0) is 32.1 Å². The normalized spacial score (nSPS) is 14.1. The topological polar surface area (TPSA) is 261 Å². The van der Waals surface area contributed by atoms with Gasteiger partial charge in [0.1, 0.15) is 29.6 Å². The molecule has 5 aliphatic rings. The van der Waals surface area contributed by atoms with Gasteiger partial charge in [0, 0.05) is 104 Å². The van der Waals surface area contributed by atoms with Crippen LogP contribution in [-0.4, -0.2) is 156 Å². The molecule has 6 N–H and O–H groups in total. The van der Waals surface area contributed by atoms with Gasteiger partial charge in [-0.15, -0.1) is 0 Å². The molecule has 0 bridgehead atoms. The number of nitrogens with zero attached hydrogens (tertiary/aromatic N) is 17. The van der Waals surface area contributed by atoms with Crippen molar-refractivity contribution >= 4 is 45.2 Å². The molecule has 24 nitrogen and oxygen atoms in total. The number of rotatable bonds is 36. The van der Waals surface area contributed by atoms with Gasteiger partial charge in [-0.3, -0.25) is 4.90 Å². The largest absolute Gasteiger partial charge is 0.497 e. The number of anilines is 2. The molecule has 1 saturated heterocycles. The highest BCUT2D eigenvalue weighted by Gasteiger charge is 2.30. The molecule has 0 spiro atoms. The minimum Gasteiger partial charge on any atom is -0.497 e. The number of fused-ring (bicyclic) bond motifs is 5. The lowest BCUT2D eigenvalue weighted by Gasteiger charge is -2.20. The zero-order valence-electron chi connectivity index (χ0n) is 80.3.